The smallest absolute Gasteiger partial charge is 0.326 e. The van der Waals surface area contributed by atoms with Crippen LogP contribution in [-0.2, 0) is 29.2 Å². The molecule has 7 heteroatoms. The third-order valence-electron chi connectivity index (χ3n) is 7.75. The van der Waals surface area contributed by atoms with E-state index < -0.39 is 24.0 Å². The number of fused-ring (bicyclic) bond motifs is 2. The molecule has 7 nitrogen and oxygen atoms in total. The highest BCUT2D eigenvalue weighted by Gasteiger charge is 2.40. The highest BCUT2D eigenvalue weighted by Crippen LogP contribution is 2.40. The van der Waals surface area contributed by atoms with Crippen molar-refractivity contribution in [1.29, 1.82) is 0 Å². The summed E-state index contributed by atoms with van der Waals surface area (Å²) in [6, 6.07) is 35.0. The van der Waals surface area contributed by atoms with Crippen molar-refractivity contribution >= 4 is 22.6 Å². The van der Waals surface area contributed by atoms with Gasteiger partial charge in [0.25, 0.3) is 5.91 Å². The molecule has 1 aliphatic heterocycles. The number of amides is 1. The molecule has 216 valence electrons. The first kappa shape index (κ1) is 27.8. The van der Waals surface area contributed by atoms with E-state index in [0.29, 0.717) is 29.4 Å². The number of ether oxygens (including phenoxy) is 3. The SMILES string of the molecule is COc1ccc2c(c1OCc1ccccc1)C[C@H](C(=O)O)N(C(=O)[C@H](Oc1ccc3ccccc3c1)c1ccccc1)C2. The molecular formula is C36H31NO6. The van der Waals surface area contributed by atoms with Crippen LogP contribution in [0.1, 0.15) is 28.4 Å². The van der Waals surface area contributed by atoms with E-state index in [0.717, 1.165) is 27.5 Å². The minimum Gasteiger partial charge on any atom is -0.493 e. The number of benzene rings is 5. The monoisotopic (exact) mass is 573 g/mol. The Morgan fingerprint density at radius 1 is 0.860 bits per heavy atom. The minimum absolute atomic E-state index is 0.0647. The van der Waals surface area contributed by atoms with E-state index in [-0.39, 0.29) is 13.0 Å². The van der Waals surface area contributed by atoms with Gasteiger partial charge in [-0.25, -0.2) is 4.79 Å². The molecule has 0 aromatic heterocycles. The molecule has 6 rings (SSSR count). The fourth-order valence-corrected chi connectivity index (χ4v) is 5.53. The van der Waals surface area contributed by atoms with Crippen LogP contribution >= 0.6 is 0 Å². The lowest BCUT2D eigenvalue weighted by atomic mass is 9.91. The zero-order chi connectivity index (χ0) is 29.8. The Balaban J connectivity index is 1.34. The molecule has 1 aliphatic rings. The summed E-state index contributed by atoms with van der Waals surface area (Å²) in [5, 5.41) is 12.4. The van der Waals surface area contributed by atoms with E-state index in [2.05, 4.69) is 0 Å². The standard InChI is InChI=1S/C36H31NO6/c1-41-32-19-17-28-22-37(31(36(39)40)21-30(28)34(32)42-23-24-10-4-2-5-11-24)35(38)33(26-13-6-3-7-14-26)43-29-18-16-25-12-8-9-15-27(25)20-29/h2-20,31,33H,21-23H2,1H3,(H,39,40)/t31-,33-/m1/s1. The van der Waals surface area contributed by atoms with Crippen molar-refractivity contribution in [2.75, 3.05) is 7.11 Å². The third kappa shape index (κ3) is 5.88. The topological polar surface area (TPSA) is 85.3 Å². The number of hydrogen-bond acceptors (Lipinski definition) is 5. The molecule has 0 spiro atoms. The fourth-order valence-electron chi connectivity index (χ4n) is 5.53. The quantitative estimate of drug-likeness (QED) is 0.214. The van der Waals surface area contributed by atoms with Gasteiger partial charge in [-0.15, -0.1) is 0 Å². The first-order chi connectivity index (χ1) is 21.0. The molecule has 0 saturated carbocycles. The van der Waals surface area contributed by atoms with Crippen molar-refractivity contribution in [1.82, 2.24) is 4.90 Å². The average molecular weight is 574 g/mol. The summed E-state index contributed by atoms with van der Waals surface area (Å²) < 4.78 is 18.2. The van der Waals surface area contributed by atoms with E-state index in [1.807, 2.05) is 109 Å². The van der Waals surface area contributed by atoms with E-state index in [9.17, 15) is 14.7 Å². The maximum atomic E-state index is 14.3. The van der Waals surface area contributed by atoms with Gasteiger partial charge in [0.05, 0.1) is 7.11 Å². The molecule has 5 aromatic rings. The van der Waals surface area contributed by atoms with Crippen LogP contribution in [-0.4, -0.2) is 35.0 Å². The second-order valence-electron chi connectivity index (χ2n) is 10.5. The van der Waals surface area contributed by atoms with Gasteiger partial charge < -0.3 is 24.2 Å². The van der Waals surface area contributed by atoms with Gasteiger partial charge in [-0.1, -0.05) is 97.1 Å². The van der Waals surface area contributed by atoms with Gasteiger partial charge in [0.15, 0.2) is 11.5 Å². The van der Waals surface area contributed by atoms with Crippen molar-refractivity contribution in [3.63, 3.8) is 0 Å². The van der Waals surface area contributed by atoms with Gasteiger partial charge in [-0.05, 0) is 40.1 Å². The lowest BCUT2D eigenvalue weighted by molar-refractivity contribution is -0.155. The molecule has 0 bridgehead atoms. The second-order valence-corrected chi connectivity index (χ2v) is 10.5. The van der Waals surface area contributed by atoms with Crippen molar-refractivity contribution < 1.29 is 28.9 Å². The van der Waals surface area contributed by atoms with E-state index in [1.54, 1.807) is 13.2 Å². The predicted octanol–water partition coefficient (Wildman–Crippen LogP) is 6.59. The lowest BCUT2D eigenvalue weighted by Crippen LogP contribution is -2.51. The summed E-state index contributed by atoms with van der Waals surface area (Å²) in [5.74, 6) is -0.00512. The van der Waals surface area contributed by atoms with Crippen molar-refractivity contribution in [3.8, 4) is 17.2 Å². The summed E-state index contributed by atoms with van der Waals surface area (Å²) in [5.41, 5.74) is 3.13. The van der Waals surface area contributed by atoms with Crippen molar-refractivity contribution in [2.45, 2.75) is 31.7 Å². The number of rotatable bonds is 9. The summed E-state index contributed by atoms with van der Waals surface area (Å²) in [6.07, 6.45) is -0.979. The Bertz CT molecular complexity index is 1750. The van der Waals surface area contributed by atoms with Gasteiger partial charge >= 0.3 is 5.97 Å². The normalized spacial score (nSPS) is 14.9. The molecule has 0 unspecified atom stereocenters. The summed E-state index contributed by atoms with van der Waals surface area (Å²) in [4.78, 5) is 28.4. The van der Waals surface area contributed by atoms with E-state index in [4.69, 9.17) is 14.2 Å². The number of aliphatic carboxylic acids is 1. The van der Waals surface area contributed by atoms with E-state index >= 15 is 0 Å². The van der Waals surface area contributed by atoms with Crippen LogP contribution < -0.4 is 14.2 Å². The van der Waals surface area contributed by atoms with Gasteiger partial charge in [-0.2, -0.15) is 0 Å². The average Bonchev–Trinajstić information content (AvgIpc) is 3.05. The number of carboxylic acids is 1. The molecule has 0 aliphatic carbocycles. The van der Waals surface area contributed by atoms with Gasteiger partial charge in [-0.3, -0.25) is 4.79 Å². The van der Waals surface area contributed by atoms with Crippen LogP contribution in [0.5, 0.6) is 17.2 Å². The largest absolute Gasteiger partial charge is 0.493 e. The number of nitrogens with zero attached hydrogens (tertiary/aromatic N) is 1. The second kappa shape index (κ2) is 12.3. The lowest BCUT2D eigenvalue weighted by Gasteiger charge is -2.37. The first-order valence-corrected chi connectivity index (χ1v) is 14.1. The molecule has 5 aromatic carbocycles. The number of hydrogen-bond donors (Lipinski definition) is 1. The number of carbonyl (C=O) groups is 2. The van der Waals surface area contributed by atoms with Gasteiger partial charge in [0.2, 0.25) is 6.10 Å². The van der Waals surface area contributed by atoms with Crippen LogP contribution in [0.2, 0.25) is 0 Å². The molecule has 1 amide bonds. The molecular weight excluding hydrogens is 542 g/mol. The highest BCUT2D eigenvalue weighted by molar-refractivity contribution is 5.89. The fraction of sp³-hybridized carbons (Fsp3) is 0.167. The summed E-state index contributed by atoms with van der Waals surface area (Å²) in [7, 11) is 1.55. The first-order valence-electron chi connectivity index (χ1n) is 14.1. The summed E-state index contributed by atoms with van der Waals surface area (Å²) in [6.45, 7) is 0.380. The third-order valence-corrected chi connectivity index (χ3v) is 7.75. The maximum Gasteiger partial charge on any atom is 0.326 e. The van der Waals surface area contributed by atoms with Crippen LogP contribution in [0, 0.1) is 0 Å². The van der Waals surface area contributed by atoms with Crippen LogP contribution in [0.4, 0.5) is 0 Å². The molecule has 0 fully saturated rings. The van der Waals surface area contributed by atoms with Crippen LogP contribution in [0.15, 0.2) is 115 Å². The zero-order valence-corrected chi connectivity index (χ0v) is 23.7. The Hall–Kier alpha value is -5.30. The molecule has 0 radical (unpaired) electrons. The Morgan fingerprint density at radius 3 is 2.28 bits per heavy atom. The number of methoxy groups -OCH3 is 1. The Labute approximate surface area is 249 Å². The number of carboxylic acid groups (broad SMARTS) is 1. The molecule has 0 saturated heterocycles. The predicted molar refractivity (Wildman–Crippen MR) is 163 cm³/mol. The maximum absolute atomic E-state index is 14.3. The van der Waals surface area contributed by atoms with Crippen molar-refractivity contribution in [3.05, 3.63) is 138 Å². The molecule has 2 atom stereocenters. The van der Waals surface area contributed by atoms with E-state index in [1.165, 1.54) is 4.90 Å². The minimum atomic E-state index is -1.13. The summed E-state index contributed by atoms with van der Waals surface area (Å²) >= 11 is 0. The molecule has 43 heavy (non-hydrogen) atoms. The Morgan fingerprint density at radius 2 is 1.56 bits per heavy atom. The van der Waals surface area contributed by atoms with Gasteiger partial charge in [0.1, 0.15) is 18.4 Å². The zero-order valence-electron chi connectivity index (χ0n) is 23.7. The van der Waals surface area contributed by atoms with Crippen molar-refractivity contribution in [2.24, 2.45) is 0 Å². The highest BCUT2D eigenvalue weighted by atomic mass is 16.5. The molecule has 1 heterocycles. The number of carbonyl (C=O) groups excluding carboxylic acids is 1. The molecule has 1 N–H and O–H groups in total. The van der Waals surface area contributed by atoms with Gasteiger partial charge in [0, 0.05) is 24.1 Å². The Kier molecular flexibility index (Phi) is 7.96. The van der Waals surface area contributed by atoms with Crippen LogP contribution in [0.25, 0.3) is 10.8 Å². The van der Waals surface area contributed by atoms with Crippen LogP contribution in [0.3, 0.4) is 0 Å².